The first-order chi connectivity index (χ1) is 15.9. The van der Waals surface area contributed by atoms with Gasteiger partial charge < -0.3 is 24.5 Å². The number of piperidine rings is 1. The van der Waals surface area contributed by atoms with Crippen LogP contribution in [0.15, 0.2) is 36.5 Å². The Bertz CT molecular complexity index is 963. The Balaban J connectivity index is 1.38. The molecule has 0 aliphatic carbocycles. The zero-order chi connectivity index (χ0) is 23.5. The number of pyridine rings is 1. The number of halogens is 1. The van der Waals surface area contributed by atoms with Crippen molar-refractivity contribution in [2.45, 2.75) is 44.7 Å². The Labute approximate surface area is 194 Å². The lowest BCUT2D eigenvalue weighted by Crippen LogP contribution is -2.44. The second-order valence-electron chi connectivity index (χ2n) is 9.27. The van der Waals surface area contributed by atoms with E-state index in [4.69, 9.17) is 9.72 Å². The summed E-state index contributed by atoms with van der Waals surface area (Å²) in [7, 11) is 3.65. The molecule has 0 unspecified atom stereocenters. The smallest absolute Gasteiger partial charge is 0.305 e. The zero-order valence-electron chi connectivity index (χ0n) is 19.6. The van der Waals surface area contributed by atoms with E-state index < -0.39 is 5.97 Å². The maximum atomic E-state index is 14.3. The summed E-state index contributed by atoms with van der Waals surface area (Å²) in [5.74, 6) is 1.04. The molecule has 178 valence electrons. The molecule has 2 aliphatic rings. The summed E-state index contributed by atoms with van der Waals surface area (Å²) >= 11 is 0. The van der Waals surface area contributed by atoms with E-state index in [1.807, 2.05) is 18.3 Å². The molecule has 2 aromatic rings. The van der Waals surface area contributed by atoms with E-state index in [1.54, 1.807) is 19.2 Å². The van der Waals surface area contributed by atoms with Gasteiger partial charge in [0.05, 0.1) is 31.1 Å². The first-order valence-corrected chi connectivity index (χ1v) is 11.6. The average Bonchev–Trinajstić information content (AvgIpc) is 3.18. The van der Waals surface area contributed by atoms with Gasteiger partial charge in [0.1, 0.15) is 17.4 Å². The summed E-state index contributed by atoms with van der Waals surface area (Å²) in [4.78, 5) is 22.4. The number of methoxy groups -OCH3 is 1. The van der Waals surface area contributed by atoms with E-state index in [2.05, 4.69) is 28.7 Å². The number of carboxylic acid groups (broad SMARTS) is 1. The molecule has 0 amide bonds. The molecular weight excluding hydrogens is 423 g/mol. The Morgan fingerprint density at radius 2 is 2.03 bits per heavy atom. The molecule has 2 saturated heterocycles. The molecule has 1 N–H and O–H groups in total. The van der Waals surface area contributed by atoms with Crippen LogP contribution in [-0.4, -0.2) is 61.9 Å². The van der Waals surface area contributed by atoms with E-state index in [9.17, 15) is 14.3 Å². The third kappa shape index (κ3) is 5.15. The Morgan fingerprint density at radius 3 is 2.67 bits per heavy atom. The third-order valence-corrected chi connectivity index (χ3v) is 6.97. The summed E-state index contributed by atoms with van der Waals surface area (Å²) < 4.78 is 19.6. The lowest BCUT2D eigenvalue weighted by Gasteiger charge is -2.38. The predicted octanol–water partition coefficient (Wildman–Crippen LogP) is 4.02. The SMILES string of the molecule is COc1ccc(F)c(N2CCC(N(C)c3ccc(N4C[C@H](C)C[C@@H]4CC(=O)O)cn3)CC2)c1. The minimum Gasteiger partial charge on any atom is -0.497 e. The van der Waals surface area contributed by atoms with Crippen LogP contribution in [0.2, 0.25) is 0 Å². The number of ether oxygens (including phenoxy) is 1. The molecule has 0 saturated carbocycles. The molecule has 0 radical (unpaired) electrons. The summed E-state index contributed by atoms with van der Waals surface area (Å²) in [5.41, 5.74) is 1.57. The minimum absolute atomic E-state index is 0.0178. The predicted molar refractivity (Wildman–Crippen MR) is 128 cm³/mol. The van der Waals surface area contributed by atoms with Crippen molar-refractivity contribution in [2.75, 3.05) is 48.5 Å². The molecule has 1 aromatic carbocycles. The largest absolute Gasteiger partial charge is 0.497 e. The van der Waals surface area contributed by atoms with E-state index in [0.29, 0.717) is 23.4 Å². The maximum absolute atomic E-state index is 14.3. The van der Waals surface area contributed by atoms with Gasteiger partial charge in [0, 0.05) is 44.8 Å². The molecule has 7 nitrogen and oxygen atoms in total. The van der Waals surface area contributed by atoms with Crippen molar-refractivity contribution in [1.29, 1.82) is 0 Å². The summed E-state index contributed by atoms with van der Waals surface area (Å²) in [6.07, 6.45) is 4.71. The minimum atomic E-state index is -0.761. The highest BCUT2D eigenvalue weighted by atomic mass is 19.1. The van der Waals surface area contributed by atoms with Gasteiger partial charge in [-0.15, -0.1) is 0 Å². The van der Waals surface area contributed by atoms with Gasteiger partial charge >= 0.3 is 5.97 Å². The summed E-state index contributed by atoms with van der Waals surface area (Å²) in [6.45, 7) is 4.54. The Hall–Kier alpha value is -3.03. The van der Waals surface area contributed by atoms with E-state index >= 15 is 0 Å². The zero-order valence-corrected chi connectivity index (χ0v) is 19.6. The van der Waals surface area contributed by atoms with E-state index in [0.717, 1.165) is 50.4 Å². The van der Waals surface area contributed by atoms with Crippen molar-refractivity contribution in [3.05, 3.63) is 42.3 Å². The molecule has 1 aromatic heterocycles. The van der Waals surface area contributed by atoms with Gasteiger partial charge in [-0.2, -0.15) is 0 Å². The first-order valence-electron chi connectivity index (χ1n) is 11.6. The number of carboxylic acids is 1. The second kappa shape index (κ2) is 9.85. The highest BCUT2D eigenvalue weighted by Gasteiger charge is 2.32. The number of hydrogen-bond donors (Lipinski definition) is 1. The molecule has 2 aliphatic heterocycles. The van der Waals surface area contributed by atoms with Gasteiger partial charge in [-0.1, -0.05) is 6.92 Å². The van der Waals surface area contributed by atoms with E-state index in [-0.39, 0.29) is 18.3 Å². The molecular formula is C25H33FN4O3. The average molecular weight is 457 g/mol. The lowest BCUT2D eigenvalue weighted by molar-refractivity contribution is -0.137. The van der Waals surface area contributed by atoms with Crippen LogP contribution in [0.5, 0.6) is 5.75 Å². The topological polar surface area (TPSA) is 69.1 Å². The molecule has 4 rings (SSSR count). The normalized spacial score (nSPS) is 21.3. The van der Waals surface area contributed by atoms with E-state index in [1.165, 1.54) is 6.07 Å². The standard InChI is InChI=1S/C25H33FN4O3/c1-17-12-20(13-25(31)32)30(16-17)19-4-7-24(27-15-19)28(2)18-8-10-29(11-9-18)23-14-21(33-3)5-6-22(23)26/h4-7,14-15,17-18,20H,8-13,16H2,1-3H3,(H,31,32)/t17-,20-/m1/s1. The van der Waals surface area contributed by atoms with Crippen LogP contribution in [0.1, 0.15) is 32.6 Å². The van der Waals surface area contributed by atoms with Crippen molar-refractivity contribution in [3.63, 3.8) is 0 Å². The number of aliphatic carboxylic acids is 1. The van der Waals surface area contributed by atoms with Crippen molar-refractivity contribution in [3.8, 4) is 5.75 Å². The molecule has 2 fully saturated rings. The highest BCUT2D eigenvalue weighted by molar-refractivity contribution is 5.69. The highest BCUT2D eigenvalue weighted by Crippen LogP contribution is 2.32. The van der Waals surface area contributed by atoms with Crippen molar-refractivity contribution in [1.82, 2.24) is 4.98 Å². The van der Waals surface area contributed by atoms with Gasteiger partial charge in [0.2, 0.25) is 0 Å². The Kier molecular flexibility index (Phi) is 6.91. The Morgan fingerprint density at radius 1 is 1.27 bits per heavy atom. The van der Waals surface area contributed by atoms with Crippen molar-refractivity contribution in [2.24, 2.45) is 5.92 Å². The second-order valence-corrected chi connectivity index (χ2v) is 9.27. The van der Waals surface area contributed by atoms with Crippen LogP contribution in [0.25, 0.3) is 0 Å². The monoisotopic (exact) mass is 456 g/mol. The number of hydrogen-bond acceptors (Lipinski definition) is 6. The van der Waals surface area contributed by atoms with Crippen LogP contribution in [-0.2, 0) is 4.79 Å². The molecule has 33 heavy (non-hydrogen) atoms. The number of nitrogens with zero attached hydrogens (tertiary/aromatic N) is 4. The molecule has 2 atom stereocenters. The van der Waals surface area contributed by atoms with Gasteiger partial charge in [0.15, 0.2) is 0 Å². The van der Waals surface area contributed by atoms with Crippen LogP contribution in [0.4, 0.5) is 21.6 Å². The quantitative estimate of drug-likeness (QED) is 0.675. The number of rotatable bonds is 7. The van der Waals surface area contributed by atoms with Gasteiger partial charge in [-0.3, -0.25) is 4.79 Å². The van der Waals surface area contributed by atoms with Crippen LogP contribution in [0.3, 0.4) is 0 Å². The number of aromatic nitrogens is 1. The summed E-state index contributed by atoms with van der Waals surface area (Å²) in [6, 6.07) is 9.26. The van der Waals surface area contributed by atoms with Crippen molar-refractivity contribution < 1.29 is 19.0 Å². The van der Waals surface area contributed by atoms with Gasteiger partial charge in [-0.25, -0.2) is 9.37 Å². The number of anilines is 3. The van der Waals surface area contributed by atoms with Crippen molar-refractivity contribution >= 4 is 23.2 Å². The first kappa shape index (κ1) is 23.1. The summed E-state index contributed by atoms with van der Waals surface area (Å²) in [5, 5.41) is 9.24. The third-order valence-electron chi connectivity index (χ3n) is 6.97. The fourth-order valence-corrected chi connectivity index (χ4v) is 5.16. The maximum Gasteiger partial charge on any atom is 0.305 e. The fourth-order valence-electron chi connectivity index (χ4n) is 5.16. The van der Waals surface area contributed by atoms with Crippen LogP contribution >= 0.6 is 0 Å². The van der Waals surface area contributed by atoms with Gasteiger partial charge in [-0.05, 0) is 49.4 Å². The lowest BCUT2D eigenvalue weighted by atomic mass is 10.0. The number of carbonyl (C=O) groups is 1. The van der Waals surface area contributed by atoms with Gasteiger partial charge in [0.25, 0.3) is 0 Å². The number of benzene rings is 1. The van der Waals surface area contributed by atoms with Crippen LogP contribution < -0.4 is 19.4 Å². The molecule has 0 bridgehead atoms. The molecule has 3 heterocycles. The fraction of sp³-hybridized carbons (Fsp3) is 0.520. The molecule has 0 spiro atoms. The van der Waals surface area contributed by atoms with Crippen LogP contribution in [0, 0.1) is 11.7 Å². The molecule has 8 heteroatoms.